The molecule has 0 bridgehead atoms. The molecule has 0 saturated carbocycles. The second-order valence-corrected chi connectivity index (χ2v) is 3.64. The molecule has 1 N–H and O–H groups in total. The van der Waals surface area contributed by atoms with Gasteiger partial charge in [0, 0.05) is 30.5 Å². The lowest BCUT2D eigenvalue weighted by Gasteiger charge is -2.23. The molecule has 2 rings (SSSR count). The molecule has 0 fully saturated rings. The van der Waals surface area contributed by atoms with Crippen LogP contribution in [0.4, 0.5) is 5.95 Å². The molecule has 0 aliphatic carbocycles. The van der Waals surface area contributed by atoms with Crippen LogP contribution in [0.5, 0.6) is 0 Å². The third-order valence-electron chi connectivity index (χ3n) is 2.58. The van der Waals surface area contributed by atoms with Crippen LogP contribution in [-0.2, 0) is 6.61 Å². The Balaban J connectivity index is 2.21. The van der Waals surface area contributed by atoms with Gasteiger partial charge < -0.3 is 10.0 Å². The Hall–Kier alpha value is -1.42. The molecule has 1 aromatic rings. The minimum Gasteiger partial charge on any atom is -0.392 e. The highest BCUT2D eigenvalue weighted by Gasteiger charge is 2.11. The van der Waals surface area contributed by atoms with Gasteiger partial charge in [0.15, 0.2) is 0 Å². The molecule has 0 saturated heterocycles. The van der Waals surface area contributed by atoms with Gasteiger partial charge in [-0.25, -0.2) is 9.97 Å². The molecule has 80 valence electrons. The van der Waals surface area contributed by atoms with Crippen LogP contribution in [0, 0.1) is 6.92 Å². The number of aryl methyl sites for hydroxylation is 1. The monoisotopic (exact) mass is 205 g/mol. The van der Waals surface area contributed by atoms with Crippen molar-refractivity contribution >= 4 is 5.95 Å². The fraction of sp³-hybridized carbons (Fsp3) is 0.455. The first-order chi connectivity index (χ1) is 7.31. The van der Waals surface area contributed by atoms with Gasteiger partial charge in [0.2, 0.25) is 5.95 Å². The van der Waals surface area contributed by atoms with E-state index < -0.39 is 0 Å². The van der Waals surface area contributed by atoms with Crippen LogP contribution >= 0.6 is 0 Å². The zero-order chi connectivity index (χ0) is 10.7. The molecular formula is C11H15N3O. The fourth-order valence-electron chi connectivity index (χ4n) is 1.61. The lowest BCUT2D eigenvalue weighted by molar-refractivity contribution is 0.280. The van der Waals surface area contributed by atoms with Crippen molar-refractivity contribution < 1.29 is 5.11 Å². The first-order valence-electron chi connectivity index (χ1n) is 5.14. The molecule has 2 heterocycles. The van der Waals surface area contributed by atoms with E-state index in [4.69, 9.17) is 5.11 Å². The standard InChI is InChI=1S/C11H15N3O/c1-9-10(8-15)7-12-11(13-9)14-5-3-2-4-6-14/h2-3,7,15H,4-6,8H2,1H3. The lowest BCUT2D eigenvalue weighted by Crippen LogP contribution is -2.28. The average molecular weight is 205 g/mol. The van der Waals surface area contributed by atoms with E-state index in [1.54, 1.807) is 6.20 Å². The molecule has 0 atom stereocenters. The first-order valence-corrected chi connectivity index (χ1v) is 5.14. The summed E-state index contributed by atoms with van der Waals surface area (Å²) in [6.45, 7) is 3.74. The highest BCUT2D eigenvalue weighted by atomic mass is 16.3. The van der Waals surface area contributed by atoms with Gasteiger partial charge in [-0.3, -0.25) is 0 Å². The average Bonchev–Trinajstić information content (AvgIpc) is 2.30. The van der Waals surface area contributed by atoms with Gasteiger partial charge in [-0.1, -0.05) is 12.2 Å². The number of aliphatic hydroxyl groups is 1. The maximum absolute atomic E-state index is 9.01. The minimum atomic E-state index is 0.00597. The van der Waals surface area contributed by atoms with Gasteiger partial charge >= 0.3 is 0 Å². The summed E-state index contributed by atoms with van der Waals surface area (Å²) in [6, 6.07) is 0. The Morgan fingerprint density at radius 1 is 1.47 bits per heavy atom. The third kappa shape index (κ3) is 2.15. The number of rotatable bonds is 2. The van der Waals surface area contributed by atoms with Crippen molar-refractivity contribution in [1.82, 2.24) is 9.97 Å². The second-order valence-electron chi connectivity index (χ2n) is 3.64. The third-order valence-corrected chi connectivity index (χ3v) is 2.58. The van der Waals surface area contributed by atoms with Crippen LogP contribution in [0.15, 0.2) is 18.3 Å². The Morgan fingerprint density at radius 3 is 2.93 bits per heavy atom. The van der Waals surface area contributed by atoms with Crippen molar-refractivity contribution in [2.24, 2.45) is 0 Å². The van der Waals surface area contributed by atoms with Gasteiger partial charge in [-0.2, -0.15) is 0 Å². The van der Waals surface area contributed by atoms with Crippen LogP contribution in [0.2, 0.25) is 0 Å². The zero-order valence-electron chi connectivity index (χ0n) is 8.85. The lowest BCUT2D eigenvalue weighted by atomic mass is 10.2. The summed E-state index contributed by atoms with van der Waals surface area (Å²) in [6.07, 6.45) is 7.05. The first kappa shape index (κ1) is 10.1. The molecular weight excluding hydrogens is 190 g/mol. The summed E-state index contributed by atoms with van der Waals surface area (Å²) in [5, 5.41) is 9.01. The Morgan fingerprint density at radius 2 is 2.33 bits per heavy atom. The predicted molar refractivity (Wildman–Crippen MR) is 58.7 cm³/mol. The van der Waals surface area contributed by atoms with E-state index in [1.807, 2.05) is 6.92 Å². The SMILES string of the molecule is Cc1nc(N2CC=CCC2)ncc1CO. The number of hydrogen-bond donors (Lipinski definition) is 1. The largest absolute Gasteiger partial charge is 0.392 e. The van der Waals surface area contributed by atoms with Crippen LogP contribution in [0.1, 0.15) is 17.7 Å². The smallest absolute Gasteiger partial charge is 0.225 e. The van der Waals surface area contributed by atoms with Gasteiger partial charge in [0.25, 0.3) is 0 Å². The Kier molecular flexibility index (Phi) is 2.97. The van der Waals surface area contributed by atoms with Crippen molar-refractivity contribution in [2.75, 3.05) is 18.0 Å². The number of nitrogens with zero attached hydrogens (tertiary/aromatic N) is 3. The predicted octanol–water partition coefficient (Wildman–Crippen LogP) is 1.04. The number of hydrogen-bond acceptors (Lipinski definition) is 4. The molecule has 0 amide bonds. The maximum atomic E-state index is 9.01. The molecule has 4 nitrogen and oxygen atoms in total. The van der Waals surface area contributed by atoms with Crippen molar-refractivity contribution in [2.45, 2.75) is 20.0 Å². The van der Waals surface area contributed by atoms with Crippen molar-refractivity contribution in [3.63, 3.8) is 0 Å². The van der Waals surface area contributed by atoms with E-state index >= 15 is 0 Å². The molecule has 0 unspecified atom stereocenters. The summed E-state index contributed by atoms with van der Waals surface area (Å²) in [5.41, 5.74) is 1.66. The van der Waals surface area contributed by atoms with Crippen LogP contribution in [-0.4, -0.2) is 28.2 Å². The molecule has 0 spiro atoms. The summed E-state index contributed by atoms with van der Waals surface area (Å²) in [7, 11) is 0. The second kappa shape index (κ2) is 4.40. The van der Waals surface area contributed by atoms with Crippen LogP contribution < -0.4 is 4.90 Å². The highest BCUT2D eigenvalue weighted by molar-refractivity contribution is 5.34. The molecule has 15 heavy (non-hydrogen) atoms. The molecule has 0 radical (unpaired) electrons. The normalized spacial score (nSPS) is 15.7. The molecule has 1 aromatic heterocycles. The summed E-state index contributed by atoms with van der Waals surface area (Å²) in [5.74, 6) is 0.758. The van der Waals surface area contributed by atoms with E-state index in [9.17, 15) is 0 Å². The van der Waals surface area contributed by atoms with Crippen LogP contribution in [0.25, 0.3) is 0 Å². The number of aliphatic hydroxyl groups excluding tert-OH is 1. The van der Waals surface area contributed by atoms with Crippen molar-refractivity contribution in [3.8, 4) is 0 Å². The minimum absolute atomic E-state index is 0.00597. The fourth-order valence-corrected chi connectivity index (χ4v) is 1.61. The highest BCUT2D eigenvalue weighted by Crippen LogP contribution is 2.13. The zero-order valence-corrected chi connectivity index (χ0v) is 8.85. The van der Waals surface area contributed by atoms with Crippen molar-refractivity contribution in [1.29, 1.82) is 0 Å². The van der Waals surface area contributed by atoms with Gasteiger partial charge in [0.1, 0.15) is 0 Å². The summed E-state index contributed by atoms with van der Waals surface area (Å²) < 4.78 is 0. The number of anilines is 1. The van der Waals surface area contributed by atoms with E-state index in [-0.39, 0.29) is 6.61 Å². The summed E-state index contributed by atoms with van der Waals surface area (Å²) >= 11 is 0. The number of aromatic nitrogens is 2. The Labute approximate surface area is 89.3 Å². The molecule has 1 aliphatic rings. The maximum Gasteiger partial charge on any atom is 0.225 e. The molecule has 0 aromatic carbocycles. The van der Waals surface area contributed by atoms with E-state index in [2.05, 4.69) is 27.0 Å². The van der Waals surface area contributed by atoms with E-state index in [0.717, 1.165) is 36.7 Å². The topological polar surface area (TPSA) is 49.2 Å². The summed E-state index contributed by atoms with van der Waals surface area (Å²) in [4.78, 5) is 10.8. The van der Waals surface area contributed by atoms with Gasteiger partial charge in [-0.05, 0) is 13.3 Å². The van der Waals surface area contributed by atoms with Crippen molar-refractivity contribution in [3.05, 3.63) is 29.6 Å². The molecule has 4 heteroatoms. The molecule has 1 aliphatic heterocycles. The van der Waals surface area contributed by atoms with Crippen LogP contribution in [0.3, 0.4) is 0 Å². The van der Waals surface area contributed by atoms with Gasteiger partial charge in [0.05, 0.1) is 6.61 Å². The van der Waals surface area contributed by atoms with Gasteiger partial charge in [-0.15, -0.1) is 0 Å². The van der Waals surface area contributed by atoms with E-state index in [1.165, 1.54) is 0 Å². The Bertz CT molecular complexity index is 376. The quantitative estimate of drug-likeness (QED) is 0.733. The van der Waals surface area contributed by atoms with E-state index in [0.29, 0.717) is 0 Å².